The van der Waals surface area contributed by atoms with Gasteiger partial charge in [0.25, 0.3) is 0 Å². The molecule has 1 saturated heterocycles. The van der Waals surface area contributed by atoms with Crippen LogP contribution in [0.3, 0.4) is 0 Å². The van der Waals surface area contributed by atoms with Crippen LogP contribution in [0.1, 0.15) is 40.0 Å². The first-order valence-electron chi connectivity index (χ1n) is 5.52. The zero-order valence-corrected chi connectivity index (χ0v) is 9.21. The molecule has 0 aromatic carbocycles. The van der Waals surface area contributed by atoms with Crippen LogP contribution in [0.2, 0.25) is 0 Å². The van der Waals surface area contributed by atoms with Crippen molar-refractivity contribution in [3.63, 3.8) is 0 Å². The topological polar surface area (TPSA) is 23.5 Å². The van der Waals surface area contributed by atoms with Crippen LogP contribution < -0.4 is 0 Å². The van der Waals surface area contributed by atoms with Gasteiger partial charge in [-0.2, -0.15) is 0 Å². The maximum absolute atomic E-state index is 9.78. The van der Waals surface area contributed by atoms with Crippen molar-refractivity contribution in [3.05, 3.63) is 0 Å². The Bertz CT molecular complexity index is 152. The molecule has 78 valence electrons. The summed E-state index contributed by atoms with van der Waals surface area (Å²) in [5.74, 6) is 0.814. The Kier molecular flexibility index (Phi) is 3.74. The molecule has 0 radical (unpaired) electrons. The van der Waals surface area contributed by atoms with Crippen LogP contribution >= 0.6 is 0 Å². The highest BCUT2D eigenvalue weighted by Crippen LogP contribution is 2.22. The summed E-state index contributed by atoms with van der Waals surface area (Å²) >= 11 is 0. The molecule has 0 aromatic rings. The fourth-order valence-corrected chi connectivity index (χ4v) is 2.11. The van der Waals surface area contributed by atoms with Gasteiger partial charge in [0.1, 0.15) is 0 Å². The van der Waals surface area contributed by atoms with Crippen LogP contribution in [0.15, 0.2) is 0 Å². The molecule has 1 unspecified atom stereocenters. The first-order chi connectivity index (χ1) is 6.07. The van der Waals surface area contributed by atoms with Crippen LogP contribution in [0, 0.1) is 5.92 Å². The van der Waals surface area contributed by atoms with E-state index in [1.165, 1.54) is 19.4 Å². The highest BCUT2D eigenvalue weighted by molar-refractivity contribution is 4.86. The lowest BCUT2D eigenvalue weighted by Gasteiger charge is -2.23. The molecule has 2 nitrogen and oxygen atoms in total. The summed E-state index contributed by atoms with van der Waals surface area (Å²) in [6.07, 6.45) is 3.46. The Labute approximate surface area is 81.9 Å². The molecule has 1 aliphatic heterocycles. The molecule has 13 heavy (non-hydrogen) atoms. The molecule has 0 bridgehead atoms. The maximum atomic E-state index is 9.78. The second-order valence-electron chi connectivity index (χ2n) is 4.66. The number of β-amino-alcohol motifs (C(OH)–C–C–N with tert-alkyl or cyclic N) is 1. The molecule has 0 aliphatic carbocycles. The SMILES string of the molecule is CCC(CC)CN1CCC(C)(O)C1. The largest absolute Gasteiger partial charge is 0.389 e. The third-order valence-corrected chi connectivity index (χ3v) is 3.20. The summed E-state index contributed by atoms with van der Waals surface area (Å²) in [6.45, 7) is 9.56. The lowest BCUT2D eigenvalue weighted by molar-refractivity contribution is 0.0664. The average molecular weight is 185 g/mol. The van der Waals surface area contributed by atoms with E-state index in [-0.39, 0.29) is 0 Å². The molecular formula is C11H23NO. The third kappa shape index (κ3) is 3.28. The molecule has 1 fully saturated rings. The molecule has 1 rings (SSSR count). The Morgan fingerprint density at radius 3 is 2.38 bits per heavy atom. The first-order valence-corrected chi connectivity index (χ1v) is 5.52. The van der Waals surface area contributed by atoms with Gasteiger partial charge in [-0.25, -0.2) is 0 Å². The molecule has 0 aromatic heterocycles. The first kappa shape index (κ1) is 11.0. The van der Waals surface area contributed by atoms with Crippen molar-refractivity contribution in [1.82, 2.24) is 4.90 Å². The number of hydrogen-bond acceptors (Lipinski definition) is 2. The second-order valence-corrected chi connectivity index (χ2v) is 4.66. The van der Waals surface area contributed by atoms with Crippen LogP contribution in [-0.2, 0) is 0 Å². The van der Waals surface area contributed by atoms with E-state index >= 15 is 0 Å². The number of likely N-dealkylation sites (tertiary alicyclic amines) is 1. The molecule has 1 aliphatic rings. The molecule has 2 heteroatoms. The van der Waals surface area contributed by atoms with Crippen molar-refractivity contribution in [2.75, 3.05) is 19.6 Å². The van der Waals surface area contributed by atoms with E-state index < -0.39 is 5.60 Å². The summed E-state index contributed by atoms with van der Waals surface area (Å²) in [5, 5.41) is 9.78. The van der Waals surface area contributed by atoms with Gasteiger partial charge >= 0.3 is 0 Å². The van der Waals surface area contributed by atoms with E-state index in [0.29, 0.717) is 0 Å². The second kappa shape index (κ2) is 4.43. The molecule has 1 N–H and O–H groups in total. The van der Waals surface area contributed by atoms with Gasteiger partial charge in [0, 0.05) is 19.6 Å². The molecule has 1 heterocycles. The zero-order chi connectivity index (χ0) is 9.90. The van der Waals surface area contributed by atoms with Gasteiger partial charge < -0.3 is 10.0 Å². The van der Waals surface area contributed by atoms with Crippen LogP contribution in [0.25, 0.3) is 0 Å². The van der Waals surface area contributed by atoms with E-state index in [1.807, 2.05) is 6.92 Å². The monoisotopic (exact) mass is 185 g/mol. The van der Waals surface area contributed by atoms with Gasteiger partial charge in [-0.15, -0.1) is 0 Å². The minimum atomic E-state index is -0.425. The smallest absolute Gasteiger partial charge is 0.0758 e. The lowest BCUT2D eigenvalue weighted by atomic mass is 10.0. The van der Waals surface area contributed by atoms with E-state index in [2.05, 4.69) is 18.7 Å². The summed E-state index contributed by atoms with van der Waals surface area (Å²) in [7, 11) is 0. The zero-order valence-electron chi connectivity index (χ0n) is 9.21. The Hall–Kier alpha value is -0.0800. The van der Waals surface area contributed by atoms with Gasteiger partial charge in [0.05, 0.1) is 5.60 Å². The minimum Gasteiger partial charge on any atom is -0.389 e. The van der Waals surface area contributed by atoms with Gasteiger partial charge in [0.2, 0.25) is 0 Å². The van der Waals surface area contributed by atoms with Crippen molar-refractivity contribution < 1.29 is 5.11 Å². The van der Waals surface area contributed by atoms with Crippen molar-refractivity contribution in [1.29, 1.82) is 0 Å². The predicted octanol–water partition coefficient (Wildman–Crippen LogP) is 1.88. The number of nitrogens with zero attached hydrogens (tertiary/aromatic N) is 1. The summed E-state index contributed by atoms with van der Waals surface area (Å²) in [6, 6.07) is 0. The summed E-state index contributed by atoms with van der Waals surface area (Å²) in [4.78, 5) is 2.40. The van der Waals surface area contributed by atoms with Crippen molar-refractivity contribution in [2.45, 2.75) is 45.6 Å². The molecular weight excluding hydrogens is 162 g/mol. The van der Waals surface area contributed by atoms with Gasteiger partial charge in [-0.05, 0) is 19.3 Å². The number of rotatable bonds is 4. The Morgan fingerprint density at radius 1 is 1.38 bits per heavy atom. The maximum Gasteiger partial charge on any atom is 0.0758 e. The highest BCUT2D eigenvalue weighted by atomic mass is 16.3. The fourth-order valence-electron chi connectivity index (χ4n) is 2.11. The van der Waals surface area contributed by atoms with E-state index in [1.54, 1.807) is 0 Å². The normalized spacial score (nSPS) is 30.2. The van der Waals surface area contributed by atoms with E-state index in [0.717, 1.165) is 25.4 Å². The van der Waals surface area contributed by atoms with Gasteiger partial charge in [0.15, 0.2) is 0 Å². The quantitative estimate of drug-likeness (QED) is 0.723. The minimum absolute atomic E-state index is 0.425. The highest BCUT2D eigenvalue weighted by Gasteiger charge is 2.31. The van der Waals surface area contributed by atoms with Crippen molar-refractivity contribution >= 4 is 0 Å². The van der Waals surface area contributed by atoms with Crippen molar-refractivity contribution in [2.24, 2.45) is 5.92 Å². The van der Waals surface area contributed by atoms with Gasteiger partial charge in [-0.3, -0.25) is 0 Å². The Morgan fingerprint density at radius 2 is 2.00 bits per heavy atom. The summed E-state index contributed by atoms with van der Waals surface area (Å²) in [5.41, 5.74) is -0.425. The Balaban J connectivity index is 2.31. The summed E-state index contributed by atoms with van der Waals surface area (Å²) < 4.78 is 0. The van der Waals surface area contributed by atoms with Crippen LogP contribution in [0.4, 0.5) is 0 Å². The third-order valence-electron chi connectivity index (χ3n) is 3.20. The van der Waals surface area contributed by atoms with Gasteiger partial charge in [-0.1, -0.05) is 26.7 Å². The van der Waals surface area contributed by atoms with Crippen molar-refractivity contribution in [3.8, 4) is 0 Å². The van der Waals surface area contributed by atoms with E-state index in [9.17, 15) is 5.11 Å². The molecule has 0 amide bonds. The van der Waals surface area contributed by atoms with Crippen LogP contribution in [-0.4, -0.2) is 35.2 Å². The molecule has 0 spiro atoms. The van der Waals surface area contributed by atoms with Crippen LogP contribution in [0.5, 0.6) is 0 Å². The fraction of sp³-hybridized carbons (Fsp3) is 1.00. The number of hydrogen-bond donors (Lipinski definition) is 1. The average Bonchev–Trinajstić information content (AvgIpc) is 2.41. The molecule has 1 atom stereocenters. The molecule has 0 saturated carbocycles. The standard InChI is InChI=1S/C11H23NO/c1-4-10(5-2)8-12-7-6-11(3,13)9-12/h10,13H,4-9H2,1-3H3. The predicted molar refractivity (Wildman–Crippen MR) is 55.8 cm³/mol. The lowest BCUT2D eigenvalue weighted by Crippen LogP contribution is -2.32. The number of aliphatic hydroxyl groups is 1. The van der Waals surface area contributed by atoms with E-state index in [4.69, 9.17) is 0 Å².